The zero-order chi connectivity index (χ0) is 21.8. The lowest BCUT2D eigenvalue weighted by Gasteiger charge is -2.19. The average molecular weight is 449 g/mol. The first-order valence-corrected chi connectivity index (χ1v) is 11.9. The van der Waals surface area contributed by atoms with E-state index in [4.69, 9.17) is 0 Å². The molecule has 0 radical (unpaired) electrons. The number of nitrogens with zero attached hydrogens (tertiary/aromatic N) is 1. The van der Waals surface area contributed by atoms with Gasteiger partial charge in [0.1, 0.15) is 0 Å². The Kier molecular flexibility index (Phi) is 5.88. The van der Waals surface area contributed by atoms with Crippen LogP contribution >= 0.6 is 11.3 Å². The van der Waals surface area contributed by atoms with Crippen LogP contribution in [0.5, 0.6) is 0 Å². The van der Waals surface area contributed by atoms with Gasteiger partial charge >= 0.3 is 0 Å². The Hall–Kier alpha value is -3.42. The van der Waals surface area contributed by atoms with Gasteiger partial charge in [-0.05, 0) is 47.3 Å². The molecule has 4 aromatic rings. The van der Waals surface area contributed by atoms with Gasteiger partial charge in [0.2, 0.25) is 0 Å². The summed E-state index contributed by atoms with van der Waals surface area (Å²) in [6, 6.07) is 26.7. The Morgan fingerprint density at radius 3 is 2.26 bits per heavy atom. The number of rotatable bonds is 6. The topological polar surface area (TPSA) is 66.5 Å². The highest BCUT2D eigenvalue weighted by molar-refractivity contribution is 7.92. The maximum absolute atomic E-state index is 13.1. The van der Waals surface area contributed by atoms with E-state index < -0.39 is 10.0 Å². The maximum Gasteiger partial charge on any atom is 0.266 e. The molecule has 0 aliphatic rings. The van der Waals surface area contributed by atoms with Crippen molar-refractivity contribution in [1.29, 1.82) is 0 Å². The fourth-order valence-electron chi connectivity index (χ4n) is 3.19. The number of carbonyl (C=O) groups is 1. The predicted octanol–water partition coefficient (Wildman–Crippen LogP) is 5.49. The number of thiophene rings is 1. The number of para-hydroxylation sites is 1. The highest BCUT2D eigenvalue weighted by Crippen LogP contribution is 2.29. The van der Waals surface area contributed by atoms with E-state index in [1.54, 1.807) is 36.4 Å². The summed E-state index contributed by atoms with van der Waals surface area (Å²) in [5.41, 5.74) is 2.77. The van der Waals surface area contributed by atoms with Gasteiger partial charge in [-0.25, -0.2) is 8.42 Å². The number of hydrogen-bond acceptors (Lipinski definition) is 4. The van der Waals surface area contributed by atoms with Gasteiger partial charge in [0.25, 0.3) is 15.9 Å². The molecule has 0 saturated heterocycles. The average Bonchev–Trinajstić information content (AvgIpc) is 3.30. The summed E-state index contributed by atoms with van der Waals surface area (Å²) in [5, 5.41) is 4.70. The van der Waals surface area contributed by atoms with Crippen LogP contribution in [0.15, 0.2) is 101 Å². The van der Waals surface area contributed by atoms with Gasteiger partial charge in [-0.15, -0.1) is 11.3 Å². The molecule has 1 aromatic heterocycles. The number of anilines is 2. The maximum atomic E-state index is 13.1. The fraction of sp³-hybridized carbons (Fsp3) is 0.0417. The van der Waals surface area contributed by atoms with Crippen LogP contribution in [0.1, 0.15) is 9.67 Å². The molecule has 156 valence electrons. The second kappa shape index (κ2) is 8.75. The minimum absolute atomic E-state index is 0.103. The fourth-order valence-corrected chi connectivity index (χ4v) is 5.24. The Balaban J connectivity index is 1.59. The summed E-state index contributed by atoms with van der Waals surface area (Å²) in [5.74, 6) is -0.278. The van der Waals surface area contributed by atoms with E-state index in [9.17, 15) is 13.2 Å². The van der Waals surface area contributed by atoms with Crippen LogP contribution in [0, 0.1) is 0 Å². The number of nitrogens with one attached hydrogen (secondary N) is 1. The van der Waals surface area contributed by atoms with Crippen molar-refractivity contribution >= 4 is 38.6 Å². The monoisotopic (exact) mass is 448 g/mol. The third-order valence-electron chi connectivity index (χ3n) is 4.83. The van der Waals surface area contributed by atoms with Crippen LogP contribution in [-0.4, -0.2) is 21.4 Å². The van der Waals surface area contributed by atoms with E-state index in [-0.39, 0.29) is 10.8 Å². The lowest BCUT2D eigenvalue weighted by Crippen LogP contribution is -2.26. The molecule has 4 rings (SSSR count). The molecule has 0 fully saturated rings. The summed E-state index contributed by atoms with van der Waals surface area (Å²) in [6.45, 7) is 0. The highest BCUT2D eigenvalue weighted by Gasteiger charge is 2.22. The van der Waals surface area contributed by atoms with Crippen molar-refractivity contribution in [1.82, 2.24) is 0 Å². The van der Waals surface area contributed by atoms with E-state index >= 15 is 0 Å². The van der Waals surface area contributed by atoms with E-state index in [0.29, 0.717) is 16.3 Å². The van der Waals surface area contributed by atoms with E-state index in [1.807, 2.05) is 47.8 Å². The standard InChI is InChI=1S/C24H20N2O3S2/c1-26(20-12-6-3-7-13-20)31(28,29)21-14-8-11-19(17-21)25-24(27)23-22(15-16-30-23)18-9-4-2-5-10-18/h2-17H,1H3,(H,25,27). The summed E-state index contributed by atoms with van der Waals surface area (Å²) >= 11 is 1.35. The van der Waals surface area contributed by atoms with Crippen LogP contribution in [-0.2, 0) is 10.0 Å². The molecule has 5 nitrogen and oxygen atoms in total. The quantitative estimate of drug-likeness (QED) is 0.424. The van der Waals surface area contributed by atoms with Crippen LogP contribution < -0.4 is 9.62 Å². The smallest absolute Gasteiger partial charge is 0.266 e. The Morgan fingerprint density at radius 1 is 0.871 bits per heavy atom. The molecule has 0 spiro atoms. The first-order chi connectivity index (χ1) is 15.0. The Morgan fingerprint density at radius 2 is 1.55 bits per heavy atom. The molecule has 0 aliphatic heterocycles. The van der Waals surface area contributed by atoms with Crippen LogP contribution in [0.25, 0.3) is 11.1 Å². The first-order valence-electron chi connectivity index (χ1n) is 9.55. The largest absolute Gasteiger partial charge is 0.321 e. The van der Waals surface area contributed by atoms with Crippen molar-refractivity contribution in [2.45, 2.75) is 4.90 Å². The zero-order valence-electron chi connectivity index (χ0n) is 16.7. The molecule has 31 heavy (non-hydrogen) atoms. The third kappa shape index (κ3) is 4.38. The molecule has 0 bridgehead atoms. The minimum atomic E-state index is -3.77. The van der Waals surface area contributed by atoms with Crippen molar-refractivity contribution in [3.8, 4) is 11.1 Å². The zero-order valence-corrected chi connectivity index (χ0v) is 18.4. The number of sulfonamides is 1. The Bertz CT molecular complexity index is 1300. The molecular formula is C24H20N2O3S2. The third-order valence-corrected chi connectivity index (χ3v) is 7.52. The SMILES string of the molecule is CN(c1ccccc1)S(=O)(=O)c1cccc(NC(=O)c2sccc2-c2ccccc2)c1. The van der Waals surface area contributed by atoms with Crippen molar-refractivity contribution in [2.24, 2.45) is 0 Å². The van der Waals surface area contributed by atoms with E-state index in [0.717, 1.165) is 11.1 Å². The van der Waals surface area contributed by atoms with E-state index in [1.165, 1.54) is 34.8 Å². The normalized spacial score (nSPS) is 11.1. The molecule has 0 saturated carbocycles. The van der Waals surface area contributed by atoms with Crippen molar-refractivity contribution in [2.75, 3.05) is 16.7 Å². The molecule has 1 heterocycles. The minimum Gasteiger partial charge on any atom is -0.321 e. The van der Waals surface area contributed by atoms with E-state index in [2.05, 4.69) is 5.32 Å². The second-order valence-corrected chi connectivity index (χ2v) is 9.70. The molecule has 1 amide bonds. The van der Waals surface area contributed by atoms with Gasteiger partial charge in [0.15, 0.2) is 0 Å². The van der Waals surface area contributed by atoms with Gasteiger partial charge < -0.3 is 5.32 Å². The summed E-state index contributed by atoms with van der Waals surface area (Å²) < 4.78 is 27.3. The number of amides is 1. The molecule has 0 aliphatic carbocycles. The van der Waals surface area contributed by atoms with Crippen molar-refractivity contribution in [3.05, 3.63) is 101 Å². The van der Waals surface area contributed by atoms with Gasteiger partial charge in [0.05, 0.1) is 15.5 Å². The number of benzene rings is 3. The van der Waals surface area contributed by atoms with Crippen LogP contribution in [0.3, 0.4) is 0 Å². The van der Waals surface area contributed by atoms with Crippen LogP contribution in [0.2, 0.25) is 0 Å². The van der Waals surface area contributed by atoms with Gasteiger partial charge in [-0.3, -0.25) is 9.10 Å². The second-order valence-electron chi connectivity index (χ2n) is 6.82. The molecule has 3 aromatic carbocycles. The number of hydrogen-bond donors (Lipinski definition) is 1. The molecule has 1 N–H and O–H groups in total. The Labute approximate surface area is 185 Å². The molecular weight excluding hydrogens is 428 g/mol. The molecule has 7 heteroatoms. The van der Waals surface area contributed by atoms with Gasteiger partial charge in [-0.2, -0.15) is 0 Å². The van der Waals surface area contributed by atoms with Crippen LogP contribution in [0.4, 0.5) is 11.4 Å². The summed E-state index contributed by atoms with van der Waals surface area (Å²) in [4.78, 5) is 13.6. The van der Waals surface area contributed by atoms with Gasteiger partial charge in [-0.1, -0.05) is 54.6 Å². The predicted molar refractivity (Wildman–Crippen MR) is 126 cm³/mol. The highest BCUT2D eigenvalue weighted by atomic mass is 32.2. The molecule has 0 atom stereocenters. The van der Waals surface area contributed by atoms with Crippen molar-refractivity contribution < 1.29 is 13.2 Å². The lowest BCUT2D eigenvalue weighted by molar-refractivity contribution is 0.103. The first kappa shape index (κ1) is 20.8. The van der Waals surface area contributed by atoms with Crippen molar-refractivity contribution in [3.63, 3.8) is 0 Å². The summed E-state index contributed by atoms with van der Waals surface area (Å²) in [7, 11) is -2.26. The van der Waals surface area contributed by atoms with Gasteiger partial charge in [0, 0.05) is 18.3 Å². The lowest BCUT2D eigenvalue weighted by atomic mass is 10.1. The number of carbonyl (C=O) groups excluding carboxylic acids is 1. The molecule has 0 unspecified atom stereocenters. The summed E-state index contributed by atoms with van der Waals surface area (Å²) in [6.07, 6.45) is 0.